The number of aliphatic hydroxyl groups is 1. The second-order valence-corrected chi connectivity index (χ2v) is 5.86. The molecule has 0 aliphatic carbocycles. The predicted molar refractivity (Wildman–Crippen MR) is 78.9 cm³/mol. The van der Waals surface area contributed by atoms with Crippen LogP contribution in [0.25, 0.3) is 0 Å². The van der Waals surface area contributed by atoms with Crippen LogP contribution in [0.2, 0.25) is 5.02 Å². The topological polar surface area (TPSA) is 20.2 Å². The van der Waals surface area contributed by atoms with Gasteiger partial charge in [0.1, 0.15) is 11.6 Å². The molecule has 2 aromatic carbocycles. The third kappa shape index (κ3) is 4.01. The smallest absolute Gasteiger partial charge is 0.127 e. The molecule has 0 spiro atoms. The zero-order valence-corrected chi connectivity index (χ0v) is 12.8. The third-order valence-corrected chi connectivity index (χ3v) is 3.71. The molecule has 106 valence electrons. The molecule has 0 bridgehead atoms. The average molecular weight is 362 g/mol. The Balaban J connectivity index is 2.11. The maximum Gasteiger partial charge on any atom is 0.127 e. The molecule has 0 amide bonds. The van der Waals surface area contributed by atoms with E-state index in [-0.39, 0.29) is 29.2 Å². The summed E-state index contributed by atoms with van der Waals surface area (Å²) >= 11 is 9.10. The molecular weight excluding hydrogens is 350 g/mol. The van der Waals surface area contributed by atoms with E-state index in [1.807, 2.05) is 0 Å². The Morgan fingerprint density at radius 1 is 1.15 bits per heavy atom. The number of halogens is 4. The van der Waals surface area contributed by atoms with Crippen LogP contribution in [0, 0.1) is 11.6 Å². The lowest BCUT2D eigenvalue weighted by molar-refractivity contribution is 0.174. The summed E-state index contributed by atoms with van der Waals surface area (Å²) in [7, 11) is 0. The molecule has 0 aliphatic heterocycles. The summed E-state index contributed by atoms with van der Waals surface area (Å²) in [6, 6.07) is 8.78. The van der Waals surface area contributed by atoms with Crippen molar-refractivity contribution in [3.63, 3.8) is 0 Å². The lowest BCUT2D eigenvalue weighted by atomic mass is 10.0. The van der Waals surface area contributed by atoms with E-state index in [0.717, 1.165) is 0 Å². The van der Waals surface area contributed by atoms with Crippen LogP contribution in [0.3, 0.4) is 0 Å². The maximum absolute atomic E-state index is 13.6. The summed E-state index contributed by atoms with van der Waals surface area (Å²) in [5.74, 6) is -0.831. The molecule has 1 atom stereocenters. The molecule has 1 N–H and O–H groups in total. The lowest BCUT2D eigenvalue weighted by Gasteiger charge is -2.13. The molecule has 2 rings (SSSR count). The minimum Gasteiger partial charge on any atom is -0.392 e. The van der Waals surface area contributed by atoms with E-state index in [0.29, 0.717) is 10.0 Å². The van der Waals surface area contributed by atoms with Crippen LogP contribution in [-0.2, 0) is 12.8 Å². The van der Waals surface area contributed by atoms with Gasteiger partial charge in [-0.2, -0.15) is 0 Å². The maximum atomic E-state index is 13.6. The third-order valence-electron chi connectivity index (χ3n) is 2.90. The molecule has 20 heavy (non-hydrogen) atoms. The SMILES string of the molecule is OC(Cc1cc(F)cc(Br)c1)Cc1c(F)cccc1Cl. The van der Waals surface area contributed by atoms with Gasteiger partial charge in [0.25, 0.3) is 0 Å². The molecule has 1 nitrogen and oxygen atoms in total. The van der Waals surface area contributed by atoms with E-state index in [1.165, 1.54) is 24.3 Å². The summed E-state index contributed by atoms with van der Waals surface area (Å²) in [6.45, 7) is 0. The fraction of sp³-hybridized carbons (Fsp3) is 0.200. The molecule has 2 aromatic rings. The molecule has 0 aliphatic rings. The number of benzene rings is 2. The summed E-state index contributed by atoms with van der Waals surface area (Å²) in [6.07, 6.45) is -0.529. The van der Waals surface area contributed by atoms with Gasteiger partial charge in [0.2, 0.25) is 0 Å². The number of hydrogen-bond acceptors (Lipinski definition) is 1. The van der Waals surface area contributed by atoms with Crippen LogP contribution in [-0.4, -0.2) is 11.2 Å². The van der Waals surface area contributed by atoms with Gasteiger partial charge in [-0.25, -0.2) is 8.78 Å². The summed E-state index contributed by atoms with van der Waals surface area (Å²) in [5, 5.41) is 10.3. The van der Waals surface area contributed by atoms with E-state index < -0.39 is 11.9 Å². The molecule has 0 saturated heterocycles. The van der Waals surface area contributed by atoms with Crippen molar-refractivity contribution >= 4 is 27.5 Å². The Kier molecular flexibility index (Phi) is 5.13. The minimum atomic E-state index is -0.835. The summed E-state index contributed by atoms with van der Waals surface area (Å²) in [4.78, 5) is 0. The van der Waals surface area contributed by atoms with Crippen LogP contribution in [0.4, 0.5) is 8.78 Å². The molecule has 0 heterocycles. The van der Waals surface area contributed by atoms with Gasteiger partial charge in [0, 0.05) is 21.5 Å². The van der Waals surface area contributed by atoms with Gasteiger partial charge in [-0.05, 0) is 42.3 Å². The van der Waals surface area contributed by atoms with Crippen molar-refractivity contribution in [1.29, 1.82) is 0 Å². The first-order chi connectivity index (χ1) is 9.45. The lowest BCUT2D eigenvalue weighted by Crippen LogP contribution is -2.15. The number of hydrogen-bond donors (Lipinski definition) is 1. The van der Waals surface area contributed by atoms with Crippen LogP contribution in [0.15, 0.2) is 40.9 Å². The fourth-order valence-corrected chi connectivity index (χ4v) is 2.79. The van der Waals surface area contributed by atoms with Gasteiger partial charge >= 0.3 is 0 Å². The Labute approximate surface area is 129 Å². The fourth-order valence-electron chi connectivity index (χ4n) is 2.04. The number of rotatable bonds is 4. The molecule has 5 heteroatoms. The standard InChI is InChI=1S/C15H12BrClF2O/c16-10-4-9(5-11(18)7-10)6-12(20)8-13-14(17)2-1-3-15(13)19/h1-5,7,12,20H,6,8H2. The molecule has 0 saturated carbocycles. The summed E-state index contributed by atoms with van der Waals surface area (Å²) in [5.41, 5.74) is 0.911. The number of aliphatic hydroxyl groups excluding tert-OH is 1. The van der Waals surface area contributed by atoms with Gasteiger partial charge < -0.3 is 5.11 Å². The normalized spacial score (nSPS) is 12.4. The van der Waals surface area contributed by atoms with E-state index in [1.54, 1.807) is 12.1 Å². The van der Waals surface area contributed by atoms with Crippen molar-refractivity contribution in [3.8, 4) is 0 Å². The Bertz CT molecular complexity index is 578. The van der Waals surface area contributed by atoms with Crippen molar-refractivity contribution in [2.75, 3.05) is 0 Å². The van der Waals surface area contributed by atoms with Gasteiger partial charge in [0.05, 0.1) is 6.10 Å². The minimum absolute atomic E-state index is 0.0830. The highest BCUT2D eigenvalue weighted by molar-refractivity contribution is 9.10. The highest BCUT2D eigenvalue weighted by atomic mass is 79.9. The van der Waals surface area contributed by atoms with Crippen LogP contribution < -0.4 is 0 Å². The predicted octanol–water partition coefficient (Wildman–Crippen LogP) is 4.53. The monoisotopic (exact) mass is 360 g/mol. The second-order valence-electron chi connectivity index (χ2n) is 4.54. The van der Waals surface area contributed by atoms with Gasteiger partial charge in [-0.1, -0.05) is 33.6 Å². The first-order valence-corrected chi connectivity index (χ1v) is 7.18. The van der Waals surface area contributed by atoms with Crippen LogP contribution >= 0.6 is 27.5 Å². The molecule has 0 radical (unpaired) electrons. The highest BCUT2D eigenvalue weighted by Gasteiger charge is 2.14. The van der Waals surface area contributed by atoms with Crippen LogP contribution in [0.5, 0.6) is 0 Å². The van der Waals surface area contributed by atoms with Crippen molar-refractivity contribution < 1.29 is 13.9 Å². The van der Waals surface area contributed by atoms with E-state index >= 15 is 0 Å². The first-order valence-electron chi connectivity index (χ1n) is 6.01. The van der Waals surface area contributed by atoms with Gasteiger partial charge in [-0.3, -0.25) is 0 Å². The zero-order valence-electron chi connectivity index (χ0n) is 10.4. The molecule has 1 unspecified atom stereocenters. The van der Waals surface area contributed by atoms with Crippen molar-refractivity contribution in [3.05, 3.63) is 68.7 Å². The molecule has 0 aromatic heterocycles. The largest absolute Gasteiger partial charge is 0.392 e. The van der Waals surface area contributed by atoms with E-state index in [4.69, 9.17) is 11.6 Å². The average Bonchev–Trinajstić information content (AvgIpc) is 2.32. The van der Waals surface area contributed by atoms with Crippen molar-refractivity contribution in [2.45, 2.75) is 18.9 Å². The zero-order chi connectivity index (χ0) is 14.7. The van der Waals surface area contributed by atoms with Crippen molar-refractivity contribution in [1.82, 2.24) is 0 Å². The van der Waals surface area contributed by atoms with Crippen molar-refractivity contribution in [2.24, 2.45) is 0 Å². The Morgan fingerprint density at radius 2 is 1.90 bits per heavy atom. The quantitative estimate of drug-likeness (QED) is 0.848. The second kappa shape index (κ2) is 6.66. The van der Waals surface area contributed by atoms with Crippen LogP contribution in [0.1, 0.15) is 11.1 Å². The molecule has 0 fully saturated rings. The molecular formula is C15H12BrClF2O. The van der Waals surface area contributed by atoms with E-state index in [9.17, 15) is 13.9 Å². The highest BCUT2D eigenvalue weighted by Crippen LogP contribution is 2.22. The summed E-state index contributed by atoms with van der Waals surface area (Å²) < 4.78 is 27.5. The van der Waals surface area contributed by atoms with Gasteiger partial charge in [-0.15, -0.1) is 0 Å². The van der Waals surface area contributed by atoms with Gasteiger partial charge in [0.15, 0.2) is 0 Å². The first kappa shape index (κ1) is 15.4. The Hall–Kier alpha value is -0.970. The Morgan fingerprint density at radius 3 is 2.55 bits per heavy atom. The van der Waals surface area contributed by atoms with E-state index in [2.05, 4.69) is 15.9 Å².